The molecule has 5 heteroatoms. The normalized spacial score (nSPS) is 11.3. The molecule has 0 saturated carbocycles. The van der Waals surface area contributed by atoms with Crippen LogP contribution >= 0.6 is 15.9 Å². The molecule has 0 heterocycles. The Labute approximate surface area is 130 Å². The molecular formula is C16H14BrF2NO. The lowest BCUT2D eigenvalue weighted by atomic mass is 9.83. The Morgan fingerprint density at radius 2 is 1.62 bits per heavy atom. The molecule has 0 unspecified atom stereocenters. The van der Waals surface area contributed by atoms with Crippen LogP contribution in [0, 0.1) is 11.6 Å². The van der Waals surface area contributed by atoms with Crippen LogP contribution in [0.3, 0.4) is 0 Å². The van der Waals surface area contributed by atoms with Crippen molar-refractivity contribution in [2.45, 2.75) is 19.3 Å². The molecular weight excluding hydrogens is 340 g/mol. The molecule has 2 aromatic rings. The van der Waals surface area contributed by atoms with Crippen LogP contribution < -0.4 is 5.32 Å². The van der Waals surface area contributed by atoms with E-state index >= 15 is 0 Å². The van der Waals surface area contributed by atoms with Crippen molar-refractivity contribution in [1.82, 2.24) is 0 Å². The molecule has 1 N–H and O–H groups in total. The fourth-order valence-electron chi connectivity index (χ4n) is 1.92. The summed E-state index contributed by atoms with van der Waals surface area (Å²) < 4.78 is 27.8. The minimum atomic E-state index is -0.910. The Kier molecular flexibility index (Phi) is 4.42. The van der Waals surface area contributed by atoms with Gasteiger partial charge in [0.05, 0.1) is 5.41 Å². The summed E-state index contributed by atoms with van der Waals surface area (Å²) in [5.74, 6) is -2.12. The number of rotatable bonds is 3. The van der Waals surface area contributed by atoms with Gasteiger partial charge in [0, 0.05) is 4.47 Å². The van der Waals surface area contributed by atoms with Gasteiger partial charge in [-0.2, -0.15) is 0 Å². The quantitative estimate of drug-likeness (QED) is 0.855. The first kappa shape index (κ1) is 15.6. The molecule has 2 rings (SSSR count). The lowest BCUT2D eigenvalue weighted by Gasteiger charge is -2.24. The Morgan fingerprint density at radius 3 is 2.14 bits per heavy atom. The molecule has 0 radical (unpaired) electrons. The zero-order chi connectivity index (χ0) is 15.6. The molecule has 0 aliphatic heterocycles. The number of hydrogen-bond acceptors (Lipinski definition) is 1. The fourth-order valence-corrected chi connectivity index (χ4v) is 2.32. The van der Waals surface area contributed by atoms with Crippen molar-refractivity contribution in [2.24, 2.45) is 0 Å². The number of carbonyl (C=O) groups excluding carboxylic acids is 1. The molecule has 2 aromatic carbocycles. The van der Waals surface area contributed by atoms with Crippen LogP contribution in [0.1, 0.15) is 19.4 Å². The number of carbonyl (C=O) groups is 1. The maximum absolute atomic E-state index is 13.8. The van der Waals surface area contributed by atoms with Gasteiger partial charge in [-0.1, -0.05) is 46.3 Å². The summed E-state index contributed by atoms with van der Waals surface area (Å²) in [6, 6.07) is 11.3. The minimum Gasteiger partial charge on any atom is -0.320 e. The van der Waals surface area contributed by atoms with E-state index in [0.29, 0.717) is 0 Å². The number of nitrogens with one attached hydrogen (secondary N) is 1. The van der Waals surface area contributed by atoms with Gasteiger partial charge in [-0.3, -0.25) is 4.79 Å². The van der Waals surface area contributed by atoms with Gasteiger partial charge in [-0.25, -0.2) is 8.78 Å². The Balaban J connectivity index is 2.30. The summed E-state index contributed by atoms with van der Waals surface area (Å²) in [4.78, 5) is 12.4. The van der Waals surface area contributed by atoms with Gasteiger partial charge in [-0.15, -0.1) is 0 Å². The lowest BCUT2D eigenvalue weighted by Crippen LogP contribution is -2.35. The van der Waals surface area contributed by atoms with Gasteiger partial charge in [0.2, 0.25) is 5.91 Å². The summed E-state index contributed by atoms with van der Waals surface area (Å²) in [6.45, 7) is 3.40. The molecule has 0 spiro atoms. The van der Waals surface area contributed by atoms with Crippen molar-refractivity contribution in [3.63, 3.8) is 0 Å². The predicted molar refractivity (Wildman–Crippen MR) is 82.2 cm³/mol. The summed E-state index contributed by atoms with van der Waals surface area (Å²) in [5.41, 5.74) is -0.583. The average molecular weight is 354 g/mol. The van der Waals surface area contributed by atoms with Crippen molar-refractivity contribution < 1.29 is 13.6 Å². The van der Waals surface area contributed by atoms with Crippen LogP contribution in [0.2, 0.25) is 0 Å². The first-order valence-electron chi connectivity index (χ1n) is 6.34. The van der Waals surface area contributed by atoms with Crippen molar-refractivity contribution in [1.29, 1.82) is 0 Å². The van der Waals surface area contributed by atoms with E-state index in [1.54, 1.807) is 26.0 Å². The number of benzene rings is 2. The third-order valence-corrected chi connectivity index (χ3v) is 3.77. The third kappa shape index (κ3) is 3.29. The predicted octanol–water partition coefficient (Wildman–Crippen LogP) is 4.64. The van der Waals surface area contributed by atoms with Gasteiger partial charge in [0.1, 0.15) is 5.69 Å². The van der Waals surface area contributed by atoms with Crippen LogP contribution in [0.4, 0.5) is 14.5 Å². The van der Waals surface area contributed by atoms with Gasteiger partial charge in [0.15, 0.2) is 11.6 Å². The standard InChI is InChI=1S/C16H14BrF2NO/c1-16(2,10-6-4-3-5-7-10)15(21)20-14-12(18)8-11(17)9-13(14)19/h3-9H,1-2H3,(H,20,21). The average Bonchev–Trinajstić information content (AvgIpc) is 2.43. The first-order chi connectivity index (χ1) is 9.82. The van der Waals surface area contributed by atoms with Crippen molar-refractivity contribution >= 4 is 27.5 Å². The Morgan fingerprint density at radius 1 is 1.10 bits per heavy atom. The van der Waals surface area contributed by atoms with E-state index in [0.717, 1.165) is 17.7 Å². The summed E-state index contributed by atoms with van der Waals surface area (Å²) in [5, 5.41) is 2.33. The molecule has 0 aliphatic rings. The van der Waals surface area contributed by atoms with E-state index in [4.69, 9.17) is 0 Å². The molecule has 0 aromatic heterocycles. The summed E-state index contributed by atoms with van der Waals surface area (Å²) in [7, 11) is 0. The second-order valence-electron chi connectivity index (χ2n) is 5.19. The SMILES string of the molecule is CC(C)(C(=O)Nc1c(F)cc(Br)cc1F)c1ccccc1. The zero-order valence-corrected chi connectivity index (χ0v) is 13.2. The molecule has 2 nitrogen and oxygen atoms in total. The number of amides is 1. The highest BCUT2D eigenvalue weighted by Crippen LogP contribution is 2.28. The Hall–Kier alpha value is -1.75. The van der Waals surface area contributed by atoms with Crippen molar-refractivity contribution in [3.05, 3.63) is 64.1 Å². The Bertz CT molecular complexity index is 648. The van der Waals surface area contributed by atoms with E-state index < -0.39 is 28.6 Å². The highest BCUT2D eigenvalue weighted by Gasteiger charge is 2.30. The fraction of sp³-hybridized carbons (Fsp3) is 0.188. The molecule has 0 atom stereocenters. The molecule has 1 amide bonds. The smallest absolute Gasteiger partial charge is 0.234 e. The monoisotopic (exact) mass is 353 g/mol. The van der Waals surface area contributed by atoms with E-state index in [9.17, 15) is 13.6 Å². The van der Waals surface area contributed by atoms with E-state index in [1.165, 1.54) is 0 Å². The second kappa shape index (κ2) is 5.93. The van der Waals surface area contributed by atoms with E-state index in [1.807, 2.05) is 18.2 Å². The highest BCUT2D eigenvalue weighted by atomic mass is 79.9. The largest absolute Gasteiger partial charge is 0.320 e. The topological polar surface area (TPSA) is 29.1 Å². The van der Waals surface area contributed by atoms with Crippen LogP contribution in [0.5, 0.6) is 0 Å². The molecule has 110 valence electrons. The minimum absolute atomic E-state index is 0.276. The molecule has 21 heavy (non-hydrogen) atoms. The second-order valence-corrected chi connectivity index (χ2v) is 6.11. The number of anilines is 1. The summed E-state index contributed by atoms with van der Waals surface area (Å²) >= 11 is 3.00. The summed E-state index contributed by atoms with van der Waals surface area (Å²) in [6.07, 6.45) is 0. The zero-order valence-electron chi connectivity index (χ0n) is 11.6. The van der Waals surface area contributed by atoms with Crippen LogP contribution in [-0.2, 0) is 10.2 Å². The van der Waals surface area contributed by atoms with Crippen LogP contribution in [0.25, 0.3) is 0 Å². The number of hydrogen-bond donors (Lipinski definition) is 1. The molecule has 0 aliphatic carbocycles. The molecule has 0 bridgehead atoms. The third-order valence-electron chi connectivity index (χ3n) is 3.31. The van der Waals surface area contributed by atoms with Gasteiger partial charge < -0.3 is 5.32 Å². The number of halogens is 3. The van der Waals surface area contributed by atoms with Crippen molar-refractivity contribution in [3.8, 4) is 0 Å². The van der Waals surface area contributed by atoms with Gasteiger partial charge in [0.25, 0.3) is 0 Å². The van der Waals surface area contributed by atoms with Crippen LogP contribution in [0.15, 0.2) is 46.9 Å². The lowest BCUT2D eigenvalue weighted by molar-refractivity contribution is -0.120. The highest BCUT2D eigenvalue weighted by molar-refractivity contribution is 9.10. The van der Waals surface area contributed by atoms with Crippen molar-refractivity contribution in [2.75, 3.05) is 5.32 Å². The van der Waals surface area contributed by atoms with Gasteiger partial charge in [-0.05, 0) is 31.5 Å². The van der Waals surface area contributed by atoms with E-state index in [2.05, 4.69) is 21.2 Å². The first-order valence-corrected chi connectivity index (χ1v) is 7.13. The van der Waals surface area contributed by atoms with Gasteiger partial charge >= 0.3 is 0 Å². The van der Waals surface area contributed by atoms with Crippen LogP contribution in [-0.4, -0.2) is 5.91 Å². The van der Waals surface area contributed by atoms with E-state index in [-0.39, 0.29) is 4.47 Å². The maximum atomic E-state index is 13.8. The molecule has 0 saturated heterocycles. The maximum Gasteiger partial charge on any atom is 0.234 e. The molecule has 0 fully saturated rings.